The van der Waals surface area contributed by atoms with Crippen LogP contribution in [0.5, 0.6) is 0 Å². The number of rotatable bonds is 4. The first-order chi connectivity index (χ1) is 10.2. The summed E-state index contributed by atoms with van der Waals surface area (Å²) in [7, 11) is 0. The number of hydrogen-bond donors (Lipinski definition) is 1. The molecule has 1 aliphatic rings. The molecule has 21 heavy (non-hydrogen) atoms. The second-order valence-electron chi connectivity index (χ2n) is 6.25. The summed E-state index contributed by atoms with van der Waals surface area (Å²) < 4.78 is 5.73. The summed E-state index contributed by atoms with van der Waals surface area (Å²) in [4.78, 5) is 0. The third kappa shape index (κ3) is 3.50. The molecule has 0 radical (unpaired) electrons. The van der Waals surface area contributed by atoms with Crippen LogP contribution in [0.15, 0.2) is 34.7 Å². The van der Waals surface area contributed by atoms with Gasteiger partial charge in [-0.2, -0.15) is 0 Å². The van der Waals surface area contributed by atoms with Crippen molar-refractivity contribution in [2.24, 2.45) is 11.8 Å². The van der Waals surface area contributed by atoms with Crippen molar-refractivity contribution in [1.29, 1.82) is 0 Å². The molecule has 0 bridgehead atoms. The average Bonchev–Trinajstić information content (AvgIpc) is 2.96. The first kappa shape index (κ1) is 14.3. The molecule has 3 unspecified atom stereocenters. The van der Waals surface area contributed by atoms with Crippen LogP contribution in [-0.4, -0.2) is 16.2 Å². The minimum atomic E-state index is 0.563. The van der Waals surface area contributed by atoms with E-state index in [0.29, 0.717) is 30.3 Å². The Balaban J connectivity index is 1.58. The quantitative estimate of drug-likeness (QED) is 0.931. The van der Waals surface area contributed by atoms with Crippen molar-refractivity contribution >= 4 is 0 Å². The number of nitrogens with zero attached hydrogens (tertiary/aromatic N) is 2. The summed E-state index contributed by atoms with van der Waals surface area (Å²) in [6.45, 7) is 5.33. The maximum atomic E-state index is 5.73. The predicted molar refractivity (Wildman–Crippen MR) is 82.5 cm³/mol. The topological polar surface area (TPSA) is 51.0 Å². The van der Waals surface area contributed by atoms with Crippen molar-refractivity contribution in [3.8, 4) is 11.5 Å². The van der Waals surface area contributed by atoms with Gasteiger partial charge in [0.1, 0.15) is 0 Å². The van der Waals surface area contributed by atoms with Crippen LogP contribution in [0.3, 0.4) is 0 Å². The van der Waals surface area contributed by atoms with E-state index in [1.165, 1.54) is 19.3 Å². The standard InChI is InChI=1S/C17H23N3O/c1-12-8-9-15(13(2)10-12)18-11-16-19-20-17(21-16)14-6-4-3-5-7-14/h3-7,12-13,15,18H,8-11H2,1-2H3. The van der Waals surface area contributed by atoms with Crippen LogP contribution in [0.25, 0.3) is 11.5 Å². The molecule has 2 aromatic rings. The minimum absolute atomic E-state index is 0.563. The zero-order valence-electron chi connectivity index (χ0n) is 12.7. The van der Waals surface area contributed by atoms with E-state index >= 15 is 0 Å². The fourth-order valence-corrected chi connectivity index (χ4v) is 3.21. The highest BCUT2D eigenvalue weighted by molar-refractivity contribution is 5.51. The molecule has 4 heteroatoms. The van der Waals surface area contributed by atoms with Gasteiger partial charge in [-0.05, 0) is 43.2 Å². The molecule has 1 saturated carbocycles. The lowest BCUT2D eigenvalue weighted by Gasteiger charge is -2.32. The Hall–Kier alpha value is -1.68. The Morgan fingerprint density at radius 3 is 2.71 bits per heavy atom. The van der Waals surface area contributed by atoms with Crippen molar-refractivity contribution in [2.75, 3.05) is 0 Å². The summed E-state index contributed by atoms with van der Waals surface area (Å²) >= 11 is 0. The first-order valence-electron chi connectivity index (χ1n) is 7.83. The fraction of sp³-hybridized carbons (Fsp3) is 0.529. The third-order valence-electron chi connectivity index (χ3n) is 4.43. The van der Waals surface area contributed by atoms with E-state index < -0.39 is 0 Å². The van der Waals surface area contributed by atoms with Gasteiger partial charge in [-0.3, -0.25) is 0 Å². The molecule has 1 N–H and O–H groups in total. The van der Waals surface area contributed by atoms with Crippen LogP contribution in [0, 0.1) is 11.8 Å². The summed E-state index contributed by atoms with van der Waals surface area (Å²) in [5, 5.41) is 11.8. The monoisotopic (exact) mass is 285 g/mol. The van der Waals surface area contributed by atoms with Crippen molar-refractivity contribution in [3.63, 3.8) is 0 Å². The maximum absolute atomic E-state index is 5.73. The van der Waals surface area contributed by atoms with Crippen molar-refractivity contribution < 1.29 is 4.42 Å². The van der Waals surface area contributed by atoms with Crippen LogP contribution in [0.1, 0.15) is 39.0 Å². The van der Waals surface area contributed by atoms with E-state index in [0.717, 1.165) is 11.5 Å². The molecule has 1 aromatic heterocycles. The molecule has 1 aromatic carbocycles. The highest BCUT2D eigenvalue weighted by Gasteiger charge is 2.25. The molecule has 1 heterocycles. The van der Waals surface area contributed by atoms with Crippen LogP contribution in [0.4, 0.5) is 0 Å². The van der Waals surface area contributed by atoms with Crippen LogP contribution >= 0.6 is 0 Å². The number of aromatic nitrogens is 2. The highest BCUT2D eigenvalue weighted by Crippen LogP contribution is 2.28. The van der Waals surface area contributed by atoms with Gasteiger partial charge in [-0.1, -0.05) is 32.0 Å². The molecule has 0 amide bonds. The van der Waals surface area contributed by atoms with Gasteiger partial charge < -0.3 is 9.73 Å². The van der Waals surface area contributed by atoms with Crippen LogP contribution in [-0.2, 0) is 6.54 Å². The molecule has 3 atom stereocenters. The lowest BCUT2D eigenvalue weighted by molar-refractivity contribution is 0.223. The van der Waals surface area contributed by atoms with E-state index in [1.54, 1.807) is 0 Å². The Kier molecular flexibility index (Phi) is 4.34. The van der Waals surface area contributed by atoms with Gasteiger partial charge in [-0.25, -0.2) is 0 Å². The summed E-state index contributed by atoms with van der Waals surface area (Å²) in [5.41, 5.74) is 0.969. The molecule has 112 valence electrons. The van der Waals surface area contributed by atoms with E-state index in [4.69, 9.17) is 4.42 Å². The number of hydrogen-bond acceptors (Lipinski definition) is 4. The van der Waals surface area contributed by atoms with Gasteiger partial charge in [0, 0.05) is 11.6 Å². The minimum Gasteiger partial charge on any atom is -0.419 e. The smallest absolute Gasteiger partial charge is 0.247 e. The van der Waals surface area contributed by atoms with Crippen LogP contribution < -0.4 is 5.32 Å². The normalized spacial score (nSPS) is 25.9. The Labute approximate surface area is 126 Å². The highest BCUT2D eigenvalue weighted by atomic mass is 16.4. The van der Waals surface area contributed by atoms with Crippen LogP contribution in [0.2, 0.25) is 0 Å². The molecule has 0 spiro atoms. The van der Waals surface area contributed by atoms with Gasteiger partial charge in [0.25, 0.3) is 0 Å². The largest absolute Gasteiger partial charge is 0.419 e. The molecule has 0 aliphatic heterocycles. The van der Waals surface area contributed by atoms with Gasteiger partial charge >= 0.3 is 0 Å². The lowest BCUT2D eigenvalue weighted by Crippen LogP contribution is -2.38. The zero-order valence-corrected chi connectivity index (χ0v) is 12.7. The number of benzene rings is 1. The third-order valence-corrected chi connectivity index (χ3v) is 4.43. The molecule has 1 aliphatic carbocycles. The Bertz CT molecular complexity index is 566. The van der Waals surface area contributed by atoms with Gasteiger partial charge in [0.15, 0.2) is 0 Å². The summed E-state index contributed by atoms with van der Waals surface area (Å²) in [6, 6.07) is 10.5. The van der Waals surface area contributed by atoms with Gasteiger partial charge in [-0.15, -0.1) is 10.2 Å². The molecule has 1 fully saturated rings. The average molecular weight is 285 g/mol. The van der Waals surface area contributed by atoms with Gasteiger partial charge in [0.2, 0.25) is 11.8 Å². The van der Waals surface area contributed by atoms with E-state index in [1.807, 2.05) is 30.3 Å². The van der Waals surface area contributed by atoms with Crippen molar-refractivity contribution in [2.45, 2.75) is 45.7 Å². The molecular weight excluding hydrogens is 262 g/mol. The lowest BCUT2D eigenvalue weighted by atomic mass is 9.80. The molecular formula is C17H23N3O. The van der Waals surface area contributed by atoms with E-state index in [9.17, 15) is 0 Å². The molecule has 0 saturated heterocycles. The second kappa shape index (κ2) is 6.39. The molecule has 4 nitrogen and oxygen atoms in total. The Morgan fingerprint density at radius 1 is 1.14 bits per heavy atom. The summed E-state index contributed by atoms with van der Waals surface area (Å²) in [5.74, 6) is 2.83. The zero-order chi connectivity index (χ0) is 14.7. The van der Waals surface area contributed by atoms with E-state index in [2.05, 4.69) is 29.4 Å². The van der Waals surface area contributed by atoms with E-state index in [-0.39, 0.29) is 0 Å². The molecule has 3 rings (SSSR count). The summed E-state index contributed by atoms with van der Waals surface area (Å²) in [6.07, 6.45) is 3.85. The SMILES string of the molecule is CC1CCC(NCc2nnc(-c3ccccc3)o2)C(C)C1. The fourth-order valence-electron chi connectivity index (χ4n) is 3.21. The Morgan fingerprint density at radius 2 is 1.95 bits per heavy atom. The predicted octanol–water partition coefficient (Wildman–Crippen LogP) is 3.65. The van der Waals surface area contributed by atoms with Crippen molar-refractivity contribution in [1.82, 2.24) is 15.5 Å². The van der Waals surface area contributed by atoms with Gasteiger partial charge in [0.05, 0.1) is 6.54 Å². The first-order valence-corrected chi connectivity index (χ1v) is 7.83. The van der Waals surface area contributed by atoms with Crippen molar-refractivity contribution in [3.05, 3.63) is 36.2 Å². The number of nitrogens with one attached hydrogen (secondary N) is 1. The maximum Gasteiger partial charge on any atom is 0.247 e. The second-order valence-corrected chi connectivity index (χ2v) is 6.25.